The molecule has 0 spiro atoms. The van der Waals surface area contributed by atoms with Gasteiger partial charge in [-0.1, -0.05) is 11.6 Å². The summed E-state index contributed by atoms with van der Waals surface area (Å²) in [6.45, 7) is 0.587. The van der Waals surface area contributed by atoms with Crippen LogP contribution in [-0.2, 0) is 4.79 Å². The lowest BCUT2D eigenvalue weighted by Crippen LogP contribution is -2.25. The molecule has 1 amide bonds. The van der Waals surface area contributed by atoms with Crippen molar-refractivity contribution in [1.82, 2.24) is 4.98 Å². The van der Waals surface area contributed by atoms with E-state index in [9.17, 15) is 4.79 Å². The first-order valence-corrected chi connectivity index (χ1v) is 6.30. The molecule has 0 aliphatic carbocycles. The lowest BCUT2D eigenvalue weighted by Gasteiger charge is -2.18. The summed E-state index contributed by atoms with van der Waals surface area (Å²) in [7, 11) is 0. The van der Waals surface area contributed by atoms with E-state index in [1.807, 2.05) is 0 Å². The summed E-state index contributed by atoms with van der Waals surface area (Å²) in [5, 5.41) is 9.45. The number of halogens is 2. The van der Waals surface area contributed by atoms with Crippen LogP contribution in [0.25, 0.3) is 0 Å². The molecule has 0 radical (unpaired) electrons. The Balaban J connectivity index is 2.31. The van der Waals surface area contributed by atoms with Crippen LogP contribution >= 0.6 is 34.2 Å². The molecule has 2 heterocycles. The summed E-state index contributed by atoms with van der Waals surface area (Å²) in [6.07, 6.45) is 1.98. The predicted molar refractivity (Wildman–Crippen MR) is 69.5 cm³/mol. The number of hydrogen-bond donors (Lipinski definition) is 1. The first-order valence-electron chi connectivity index (χ1n) is 4.84. The van der Waals surface area contributed by atoms with Gasteiger partial charge in [-0.15, -0.1) is 0 Å². The number of carbonyl (C=O) groups excluding carboxylic acids is 1. The van der Waals surface area contributed by atoms with Gasteiger partial charge in [0.2, 0.25) is 5.91 Å². The molecule has 1 aliphatic rings. The Morgan fingerprint density at radius 3 is 3.06 bits per heavy atom. The molecule has 1 aromatic heterocycles. The highest BCUT2D eigenvalue weighted by molar-refractivity contribution is 14.1. The minimum absolute atomic E-state index is 0.0234. The van der Waals surface area contributed by atoms with Crippen LogP contribution in [-0.4, -0.2) is 29.1 Å². The maximum absolute atomic E-state index is 11.8. The minimum atomic E-state index is 0.0234. The molecule has 16 heavy (non-hydrogen) atoms. The number of hydrogen-bond acceptors (Lipinski definition) is 3. The molecule has 0 saturated carbocycles. The van der Waals surface area contributed by atoms with Gasteiger partial charge in [0.1, 0.15) is 5.15 Å². The van der Waals surface area contributed by atoms with Gasteiger partial charge in [0, 0.05) is 31.7 Å². The third-order valence-electron chi connectivity index (χ3n) is 2.58. The summed E-state index contributed by atoms with van der Waals surface area (Å²) in [5.41, 5.74) is 0.779. The molecule has 6 heteroatoms. The second-order valence-electron chi connectivity index (χ2n) is 3.69. The molecule has 0 bridgehead atoms. The van der Waals surface area contributed by atoms with Crippen LogP contribution in [0.5, 0.6) is 0 Å². The van der Waals surface area contributed by atoms with Crippen molar-refractivity contribution in [3.8, 4) is 0 Å². The maximum Gasteiger partial charge on any atom is 0.227 e. The second-order valence-corrected chi connectivity index (χ2v) is 5.13. The zero-order valence-corrected chi connectivity index (χ0v) is 11.3. The Bertz CT molecular complexity index is 427. The predicted octanol–water partition coefficient (Wildman–Crippen LogP) is 1.68. The third kappa shape index (κ3) is 2.16. The summed E-state index contributed by atoms with van der Waals surface area (Å²) < 4.78 is 0.772. The van der Waals surface area contributed by atoms with Gasteiger partial charge in [0.15, 0.2) is 0 Å². The summed E-state index contributed by atoms with van der Waals surface area (Å²) >= 11 is 7.98. The fraction of sp³-hybridized carbons (Fsp3) is 0.400. The molecular formula is C10H10ClIN2O2. The van der Waals surface area contributed by atoms with E-state index in [2.05, 4.69) is 27.6 Å². The Hall–Kier alpha value is -0.400. The van der Waals surface area contributed by atoms with E-state index in [-0.39, 0.29) is 18.4 Å². The molecule has 1 fully saturated rings. The largest absolute Gasteiger partial charge is 0.396 e. The average molecular weight is 353 g/mol. The van der Waals surface area contributed by atoms with Crippen LogP contribution in [0.15, 0.2) is 12.3 Å². The van der Waals surface area contributed by atoms with E-state index < -0.39 is 0 Å². The van der Waals surface area contributed by atoms with Gasteiger partial charge in [-0.25, -0.2) is 4.98 Å². The summed E-state index contributed by atoms with van der Waals surface area (Å²) in [4.78, 5) is 17.4. The quantitative estimate of drug-likeness (QED) is 0.651. The molecule has 0 aromatic carbocycles. The third-order valence-corrected chi connectivity index (χ3v) is 4.25. The number of aliphatic hydroxyl groups is 1. The molecule has 1 saturated heterocycles. The van der Waals surface area contributed by atoms with Gasteiger partial charge >= 0.3 is 0 Å². The fourth-order valence-corrected chi connectivity index (χ4v) is 2.52. The molecule has 1 N–H and O–H groups in total. The van der Waals surface area contributed by atoms with Crippen molar-refractivity contribution in [2.75, 3.05) is 18.1 Å². The smallest absolute Gasteiger partial charge is 0.227 e. The van der Waals surface area contributed by atoms with Crippen LogP contribution in [0, 0.1) is 9.49 Å². The number of carbonyl (C=O) groups is 1. The molecule has 2 rings (SSSR count). The number of rotatable bonds is 2. The average Bonchev–Trinajstić information content (AvgIpc) is 2.64. The monoisotopic (exact) mass is 352 g/mol. The van der Waals surface area contributed by atoms with Gasteiger partial charge < -0.3 is 10.0 Å². The molecular weight excluding hydrogens is 342 g/mol. The zero-order chi connectivity index (χ0) is 11.7. The number of amides is 1. The van der Waals surface area contributed by atoms with Crippen LogP contribution in [0.1, 0.15) is 6.42 Å². The van der Waals surface area contributed by atoms with Gasteiger partial charge in [-0.05, 0) is 28.7 Å². The number of pyridine rings is 1. The number of aliphatic hydroxyl groups excluding tert-OH is 1. The van der Waals surface area contributed by atoms with E-state index in [4.69, 9.17) is 16.7 Å². The lowest BCUT2D eigenvalue weighted by atomic mass is 10.1. The fourth-order valence-electron chi connectivity index (χ4n) is 1.75. The Morgan fingerprint density at radius 1 is 1.69 bits per heavy atom. The Labute approximate surface area is 112 Å². The SMILES string of the molecule is O=C1CC(CO)CN1c1ccnc(Cl)c1I. The van der Waals surface area contributed by atoms with E-state index in [1.54, 1.807) is 17.2 Å². The highest BCUT2D eigenvalue weighted by Crippen LogP contribution is 2.31. The van der Waals surface area contributed by atoms with Gasteiger partial charge in [-0.2, -0.15) is 0 Å². The van der Waals surface area contributed by atoms with Gasteiger partial charge in [0.25, 0.3) is 0 Å². The second kappa shape index (κ2) is 4.85. The van der Waals surface area contributed by atoms with Crippen molar-refractivity contribution in [3.63, 3.8) is 0 Å². The molecule has 1 unspecified atom stereocenters. The van der Waals surface area contributed by atoms with Gasteiger partial charge in [-0.3, -0.25) is 4.79 Å². The molecule has 4 nitrogen and oxygen atoms in total. The number of nitrogens with zero attached hydrogens (tertiary/aromatic N) is 2. The summed E-state index contributed by atoms with van der Waals surface area (Å²) in [6, 6.07) is 1.77. The van der Waals surface area contributed by atoms with Crippen LogP contribution in [0.4, 0.5) is 5.69 Å². The van der Waals surface area contributed by atoms with Crippen LogP contribution < -0.4 is 4.90 Å². The van der Waals surface area contributed by atoms with Crippen molar-refractivity contribution in [1.29, 1.82) is 0 Å². The van der Waals surface area contributed by atoms with Crippen LogP contribution in [0.2, 0.25) is 5.15 Å². The number of anilines is 1. The highest BCUT2D eigenvalue weighted by atomic mass is 127. The van der Waals surface area contributed by atoms with E-state index >= 15 is 0 Å². The first kappa shape index (κ1) is 12.1. The van der Waals surface area contributed by atoms with Gasteiger partial charge in [0.05, 0.1) is 9.26 Å². The van der Waals surface area contributed by atoms with Crippen molar-refractivity contribution in [3.05, 3.63) is 21.0 Å². The Kier molecular flexibility index (Phi) is 3.66. The normalized spacial score (nSPS) is 20.6. The molecule has 86 valence electrons. The van der Waals surface area contributed by atoms with E-state index in [1.165, 1.54) is 0 Å². The number of aromatic nitrogens is 1. The van der Waals surface area contributed by atoms with E-state index in [0.717, 1.165) is 9.26 Å². The minimum Gasteiger partial charge on any atom is -0.396 e. The molecule has 1 aliphatic heterocycles. The van der Waals surface area contributed by atoms with Crippen molar-refractivity contribution < 1.29 is 9.90 Å². The topological polar surface area (TPSA) is 53.4 Å². The lowest BCUT2D eigenvalue weighted by molar-refractivity contribution is -0.117. The van der Waals surface area contributed by atoms with E-state index in [0.29, 0.717) is 18.1 Å². The maximum atomic E-state index is 11.8. The highest BCUT2D eigenvalue weighted by Gasteiger charge is 2.31. The molecule has 1 atom stereocenters. The van der Waals surface area contributed by atoms with Crippen molar-refractivity contribution >= 4 is 45.8 Å². The first-order chi connectivity index (χ1) is 7.63. The Morgan fingerprint density at radius 2 is 2.44 bits per heavy atom. The summed E-state index contributed by atoms with van der Waals surface area (Å²) in [5.74, 6) is 0.0504. The van der Waals surface area contributed by atoms with Crippen molar-refractivity contribution in [2.24, 2.45) is 5.92 Å². The standard InChI is InChI=1S/C10H10ClIN2O2/c11-10-9(12)7(1-2-13-10)14-4-6(5-15)3-8(14)16/h1-2,6,15H,3-5H2. The molecule has 1 aromatic rings. The van der Waals surface area contributed by atoms with Crippen molar-refractivity contribution in [2.45, 2.75) is 6.42 Å². The zero-order valence-electron chi connectivity index (χ0n) is 8.36. The van der Waals surface area contributed by atoms with Crippen LogP contribution in [0.3, 0.4) is 0 Å².